The zero-order chi connectivity index (χ0) is 33.9. The van der Waals surface area contributed by atoms with Gasteiger partial charge in [-0.1, -0.05) is 72.8 Å². The van der Waals surface area contributed by atoms with Crippen LogP contribution in [0.2, 0.25) is 0 Å². The molecule has 0 saturated heterocycles. The lowest BCUT2D eigenvalue weighted by atomic mass is 10.1. The second-order valence-electron chi connectivity index (χ2n) is 13.6. The molecular formula is C47H28N4O. The Morgan fingerprint density at radius 2 is 0.731 bits per heavy atom. The molecule has 0 saturated carbocycles. The van der Waals surface area contributed by atoms with Gasteiger partial charge in [0.15, 0.2) is 5.58 Å². The van der Waals surface area contributed by atoms with Gasteiger partial charge in [0, 0.05) is 61.0 Å². The van der Waals surface area contributed by atoms with E-state index >= 15 is 0 Å². The van der Waals surface area contributed by atoms with Gasteiger partial charge < -0.3 is 18.1 Å². The van der Waals surface area contributed by atoms with E-state index in [4.69, 9.17) is 4.42 Å². The Kier molecular flexibility index (Phi) is 5.44. The Morgan fingerprint density at radius 3 is 1.23 bits per heavy atom. The molecule has 5 aromatic heterocycles. The summed E-state index contributed by atoms with van der Waals surface area (Å²) in [6.45, 7) is 0. The van der Waals surface area contributed by atoms with Gasteiger partial charge in [-0.15, -0.1) is 0 Å². The lowest BCUT2D eigenvalue weighted by molar-refractivity contribution is 0.668. The normalized spacial score (nSPS) is 12.2. The van der Waals surface area contributed by atoms with Crippen LogP contribution >= 0.6 is 0 Å². The average Bonchev–Trinajstić information content (AvgIpc) is 3.93. The molecule has 5 heterocycles. The number of nitrogens with zero attached hydrogens (tertiary/aromatic N) is 4. The van der Waals surface area contributed by atoms with Crippen LogP contribution in [0.25, 0.3) is 105 Å². The first-order chi connectivity index (χ1) is 25.8. The van der Waals surface area contributed by atoms with Gasteiger partial charge in [0.2, 0.25) is 0 Å². The maximum Gasteiger partial charge on any atom is 0.153 e. The lowest BCUT2D eigenvalue weighted by Crippen LogP contribution is -1.96. The maximum atomic E-state index is 6.12. The minimum Gasteiger partial charge on any atom is -0.454 e. The summed E-state index contributed by atoms with van der Waals surface area (Å²) in [5, 5.41) is 8.43. The molecule has 0 radical (unpaired) electrons. The van der Waals surface area contributed by atoms with E-state index in [1.807, 2.05) is 18.3 Å². The van der Waals surface area contributed by atoms with Crippen molar-refractivity contribution in [3.05, 3.63) is 170 Å². The summed E-state index contributed by atoms with van der Waals surface area (Å²) in [7, 11) is 0. The summed E-state index contributed by atoms with van der Waals surface area (Å²) in [6, 6.07) is 59.0. The van der Waals surface area contributed by atoms with Crippen molar-refractivity contribution in [2.75, 3.05) is 0 Å². The van der Waals surface area contributed by atoms with Crippen molar-refractivity contribution in [2.24, 2.45) is 0 Å². The molecule has 7 aromatic carbocycles. The lowest BCUT2D eigenvalue weighted by Gasteiger charge is -2.11. The van der Waals surface area contributed by atoms with Gasteiger partial charge in [0.1, 0.15) is 11.1 Å². The van der Waals surface area contributed by atoms with Crippen LogP contribution in [0.3, 0.4) is 0 Å². The van der Waals surface area contributed by atoms with Gasteiger partial charge >= 0.3 is 0 Å². The van der Waals surface area contributed by atoms with E-state index in [2.05, 4.69) is 170 Å². The predicted octanol–water partition coefficient (Wildman–Crippen LogP) is 12.3. The van der Waals surface area contributed by atoms with Crippen molar-refractivity contribution in [1.82, 2.24) is 18.7 Å². The molecule has 242 valence electrons. The molecule has 0 aliphatic rings. The summed E-state index contributed by atoms with van der Waals surface area (Å²) >= 11 is 0. The largest absolute Gasteiger partial charge is 0.454 e. The van der Waals surface area contributed by atoms with Crippen LogP contribution in [-0.2, 0) is 0 Å². The molecule has 0 fully saturated rings. The van der Waals surface area contributed by atoms with Crippen LogP contribution in [0, 0.1) is 0 Å². The fourth-order valence-corrected chi connectivity index (χ4v) is 8.68. The molecule has 0 amide bonds. The SMILES string of the molecule is c1cnc2c(c1)oc1ccc(-n3c4ccccc4c4cc(-n5c6ccccc6c6cc(-n7c8ccccc8c8ccccc87)ccc65)ccc43)cc12. The molecule has 0 atom stereocenters. The molecule has 5 nitrogen and oxygen atoms in total. The van der Waals surface area contributed by atoms with Gasteiger partial charge in [0.25, 0.3) is 0 Å². The van der Waals surface area contributed by atoms with E-state index in [-0.39, 0.29) is 0 Å². The van der Waals surface area contributed by atoms with Crippen molar-refractivity contribution < 1.29 is 4.42 Å². The first kappa shape index (κ1) is 27.7. The van der Waals surface area contributed by atoms with Gasteiger partial charge in [-0.2, -0.15) is 0 Å². The molecule has 0 spiro atoms. The fraction of sp³-hybridized carbons (Fsp3) is 0. The highest BCUT2D eigenvalue weighted by molar-refractivity contribution is 6.14. The molecule has 0 aliphatic heterocycles. The Hall–Kier alpha value is -7.11. The average molecular weight is 665 g/mol. The third kappa shape index (κ3) is 3.69. The Bertz CT molecular complexity index is 3370. The Balaban J connectivity index is 1.08. The molecule has 12 rings (SSSR count). The molecular weight excluding hydrogens is 637 g/mol. The topological polar surface area (TPSA) is 40.8 Å². The second-order valence-corrected chi connectivity index (χ2v) is 13.6. The van der Waals surface area contributed by atoms with Crippen LogP contribution in [-0.4, -0.2) is 18.7 Å². The van der Waals surface area contributed by atoms with Gasteiger partial charge in [-0.25, -0.2) is 0 Å². The predicted molar refractivity (Wildman–Crippen MR) is 215 cm³/mol. The standard InChI is InChI=1S/C47H28N4O/c1-5-14-39-32(10-1)33-11-2-6-15-40(33)49(39)29-19-22-43-36(26-29)34-12-3-7-16-41(34)50(43)30-20-23-44-37(27-30)35-13-4-8-17-42(35)51(44)31-21-24-45-38(28-31)47-46(52-45)18-9-25-48-47/h1-28H. The third-order valence-corrected chi connectivity index (χ3v) is 10.9. The van der Waals surface area contributed by atoms with E-state index in [1.165, 1.54) is 54.4 Å². The Morgan fingerprint density at radius 1 is 0.327 bits per heavy atom. The summed E-state index contributed by atoms with van der Waals surface area (Å²) in [5.74, 6) is 0. The van der Waals surface area contributed by atoms with Crippen molar-refractivity contribution in [1.29, 1.82) is 0 Å². The van der Waals surface area contributed by atoms with Crippen molar-refractivity contribution in [3.63, 3.8) is 0 Å². The summed E-state index contributed by atoms with van der Waals surface area (Å²) < 4.78 is 13.3. The number of furan rings is 1. The molecule has 12 aromatic rings. The third-order valence-electron chi connectivity index (χ3n) is 10.9. The first-order valence-electron chi connectivity index (χ1n) is 17.6. The van der Waals surface area contributed by atoms with E-state index in [0.717, 1.165) is 50.2 Å². The van der Waals surface area contributed by atoms with E-state index in [9.17, 15) is 0 Å². The van der Waals surface area contributed by atoms with Crippen molar-refractivity contribution in [3.8, 4) is 17.1 Å². The Labute approximate surface area is 296 Å². The quantitative estimate of drug-likeness (QED) is 0.189. The fourth-order valence-electron chi connectivity index (χ4n) is 8.68. The number of para-hydroxylation sites is 4. The summed E-state index contributed by atoms with van der Waals surface area (Å²) in [6.07, 6.45) is 1.83. The van der Waals surface area contributed by atoms with Crippen molar-refractivity contribution >= 4 is 87.5 Å². The van der Waals surface area contributed by atoms with Crippen LogP contribution < -0.4 is 0 Å². The van der Waals surface area contributed by atoms with Gasteiger partial charge in [-0.3, -0.25) is 4.98 Å². The molecule has 52 heavy (non-hydrogen) atoms. The minimum absolute atomic E-state index is 0.801. The number of hydrogen-bond donors (Lipinski definition) is 0. The van der Waals surface area contributed by atoms with E-state index in [1.54, 1.807) is 0 Å². The smallest absolute Gasteiger partial charge is 0.153 e. The van der Waals surface area contributed by atoms with Crippen LogP contribution in [0.4, 0.5) is 0 Å². The maximum absolute atomic E-state index is 6.12. The van der Waals surface area contributed by atoms with E-state index < -0.39 is 0 Å². The number of hydrogen-bond acceptors (Lipinski definition) is 2. The van der Waals surface area contributed by atoms with Crippen LogP contribution in [0.1, 0.15) is 0 Å². The number of pyridine rings is 1. The zero-order valence-corrected chi connectivity index (χ0v) is 27.9. The molecule has 0 N–H and O–H groups in total. The monoisotopic (exact) mass is 664 g/mol. The zero-order valence-electron chi connectivity index (χ0n) is 27.9. The summed E-state index contributed by atoms with van der Waals surface area (Å²) in [4.78, 5) is 4.65. The first-order valence-corrected chi connectivity index (χ1v) is 17.6. The van der Waals surface area contributed by atoms with Gasteiger partial charge in [-0.05, 0) is 91.0 Å². The van der Waals surface area contributed by atoms with Crippen LogP contribution in [0.5, 0.6) is 0 Å². The van der Waals surface area contributed by atoms with Crippen LogP contribution in [0.15, 0.2) is 174 Å². The minimum atomic E-state index is 0.801. The number of fused-ring (bicyclic) bond motifs is 12. The van der Waals surface area contributed by atoms with E-state index in [0.29, 0.717) is 0 Å². The highest BCUT2D eigenvalue weighted by Crippen LogP contribution is 2.40. The number of aromatic nitrogens is 4. The highest BCUT2D eigenvalue weighted by atomic mass is 16.3. The summed E-state index contributed by atoms with van der Waals surface area (Å²) in [5.41, 5.74) is 13.0. The number of rotatable bonds is 3. The molecule has 0 unspecified atom stereocenters. The van der Waals surface area contributed by atoms with Crippen molar-refractivity contribution in [2.45, 2.75) is 0 Å². The second kappa shape index (κ2) is 10.2. The number of benzene rings is 7. The molecule has 5 heteroatoms. The highest BCUT2D eigenvalue weighted by Gasteiger charge is 2.19. The molecule has 0 bridgehead atoms. The molecule has 0 aliphatic carbocycles. The van der Waals surface area contributed by atoms with Gasteiger partial charge in [0.05, 0.1) is 33.1 Å².